The fourth-order valence-electron chi connectivity index (χ4n) is 1.24. The largest absolute Gasteiger partial charge is 0.464 e. The van der Waals surface area contributed by atoms with Crippen LogP contribution < -0.4 is 0 Å². The lowest BCUT2D eigenvalue weighted by Gasteiger charge is -1.94. The third-order valence-corrected chi connectivity index (χ3v) is 2.40. The second-order valence-corrected chi connectivity index (χ2v) is 3.67. The number of fused-ring (bicyclic) bond motifs is 1. The smallest absolute Gasteiger partial charge is 0.359 e. The molecule has 1 N–H and O–H groups in total. The van der Waals surface area contributed by atoms with Gasteiger partial charge < -0.3 is 4.74 Å². The number of nitrogens with one attached hydrogen (secondary N) is 1. The summed E-state index contributed by atoms with van der Waals surface area (Å²) in [6.45, 7) is 0. The van der Waals surface area contributed by atoms with Crippen LogP contribution >= 0.6 is 15.9 Å². The van der Waals surface area contributed by atoms with Crippen LogP contribution in [0.5, 0.6) is 0 Å². The standard InChI is InChI=1S/C9H7BrN2O2/c1-14-9(13)8-6-3-2-5(10)4-7(6)11-12-8/h2-4H,1H3,(H,11,12). The molecule has 72 valence electrons. The molecule has 0 saturated heterocycles. The van der Waals surface area contributed by atoms with Gasteiger partial charge >= 0.3 is 5.97 Å². The molecule has 1 heterocycles. The summed E-state index contributed by atoms with van der Waals surface area (Å²) in [4.78, 5) is 11.3. The average Bonchev–Trinajstić information content (AvgIpc) is 2.59. The fourth-order valence-corrected chi connectivity index (χ4v) is 1.61. The monoisotopic (exact) mass is 254 g/mol. The Morgan fingerprint density at radius 1 is 1.57 bits per heavy atom. The Balaban J connectivity index is 2.64. The van der Waals surface area contributed by atoms with E-state index in [1.165, 1.54) is 7.11 Å². The summed E-state index contributed by atoms with van der Waals surface area (Å²) >= 11 is 3.33. The topological polar surface area (TPSA) is 55.0 Å². The number of methoxy groups -OCH3 is 1. The zero-order valence-corrected chi connectivity index (χ0v) is 8.96. The van der Waals surface area contributed by atoms with Crippen LogP contribution in [0.3, 0.4) is 0 Å². The fraction of sp³-hybridized carbons (Fsp3) is 0.111. The zero-order valence-electron chi connectivity index (χ0n) is 7.37. The molecule has 1 aromatic carbocycles. The van der Waals surface area contributed by atoms with Crippen LogP contribution in [0.25, 0.3) is 10.9 Å². The van der Waals surface area contributed by atoms with Crippen molar-refractivity contribution in [2.75, 3.05) is 7.11 Å². The Kier molecular flexibility index (Phi) is 2.25. The molecule has 2 rings (SSSR count). The number of carbonyl (C=O) groups is 1. The van der Waals surface area contributed by atoms with Crippen molar-refractivity contribution in [3.8, 4) is 0 Å². The molecule has 0 saturated carbocycles. The molecule has 0 atom stereocenters. The van der Waals surface area contributed by atoms with Gasteiger partial charge in [0.25, 0.3) is 0 Å². The van der Waals surface area contributed by atoms with E-state index in [1.54, 1.807) is 0 Å². The SMILES string of the molecule is COC(=O)c1n[nH]c2cc(Br)ccc12. The predicted molar refractivity (Wildman–Crippen MR) is 55.1 cm³/mol. The number of hydrogen-bond acceptors (Lipinski definition) is 3. The van der Waals surface area contributed by atoms with Gasteiger partial charge in [0.15, 0.2) is 5.69 Å². The Bertz CT molecular complexity index is 493. The number of nitrogens with zero attached hydrogens (tertiary/aromatic N) is 1. The highest BCUT2D eigenvalue weighted by Crippen LogP contribution is 2.20. The van der Waals surface area contributed by atoms with E-state index in [1.807, 2.05) is 18.2 Å². The van der Waals surface area contributed by atoms with E-state index in [0.29, 0.717) is 5.69 Å². The molecule has 0 aliphatic carbocycles. The third kappa shape index (κ3) is 1.39. The number of hydrogen-bond donors (Lipinski definition) is 1. The number of aromatic nitrogens is 2. The molecule has 1 aromatic heterocycles. The maximum absolute atomic E-state index is 11.3. The van der Waals surface area contributed by atoms with Gasteiger partial charge in [-0.1, -0.05) is 15.9 Å². The van der Waals surface area contributed by atoms with Gasteiger partial charge in [0.2, 0.25) is 0 Å². The number of H-pyrrole nitrogens is 1. The van der Waals surface area contributed by atoms with Crippen LogP contribution in [-0.4, -0.2) is 23.3 Å². The van der Waals surface area contributed by atoms with Crippen molar-refractivity contribution in [3.63, 3.8) is 0 Å². The molecular weight excluding hydrogens is 248 g/mol. The van der Waals surface area contributed by atoms with E-state index in [-0.39, 0.29) is 0 Å². The van der Waals surface area contributed by atoms with Gasteiger partial charge in [0.05, 0.1) is 12.6 Å². The van der Waals surface area contributed by atoms with Crippen molar-refractivity contribution in [3.05, 3.63) is 28.4 Å². The normalized spacial score (nSPS) is 10.4. The van der Waals surface area contributed by atoms with E-state index >= 15 is 0 Å². The minimum atomic E-state index is -0.432. The van der Waals surface area contributed by atoms with Gasteiger partial charge in [0, 0.05) is 9.86 Å². The highest BCUT2D eigenvalue weighted by Gasteiger charge is 2.13. The second-order valence-electron chi connectivity index (χ2n) is 2.75. The van der Waals surface area contributed by atoms with Crippen molar-refractivity contribution in [1.82, 2.24) is 10.2 Å². The summed E-state index contributed by atoms with van der Waals surface area (Å²) in [5.74, 6) is -0.432. The first kappa shape index (κ1) is 9.21. The van der Waals surface area contributed by atoms with E-state index < -0.39 is 5.97 Å². The molecule has 5 heteroatoms. The van der Waals surface area contributed by atoms with Crippen molar-refractivity contribution in [2.45, 2.75) is 0 Å². The molecule has 14 heavy (non-hydrogen) atoms. The lowest BCUT2D eigenvalue weighted by atomic mass is 10.2. The molecule has 0 radical (unpaired) electrons. The van der Waals surface area contributed by atoms with Crippen molar-refractivity contribution >= 4 is 32.8 Å². The zero-order chi connectivity index (χ0) is 10.1. The van der Waals surface area contributed by atoms with Crippen LogP contribution in [0.1, 0.15) is 10.5 Å². The number of carbonyl (C=O) groups excluding carboxylic acids is 1. The minimum absolute atomic E-state index is 0.315. The van der Waals surface area contributed by atoms with Gasteiger partial charge in [-0.25, -0.2) is 4.79 Å². The number of benzene rings is 1. The van der Waals surface area contributed by atoms with Gasteiger partial charge in [-0.15, -0.1) is 0 Å². The summed E-state index contributed by atoms with van der Waals surface area (Å²) in [7, 11) is 1.34. The molecule has 0 aliphatic rings. The first-order valence-corrected chi connectivity index (χ1v) is 4.73. The summed E-state index contributed by atoms with van der Waals surface area (Å²) in [5.41, 5.74) is 1.12. The van der Waals surface area contributed by atoms with E-state index in [2.05, 4.69) is 30.9 Å². The first-order valence-electron chi connectivity index (χ1n) is 3.94. The lowest BCUT2D eigenvalue weighted by molar-refractivity contribution is 0.0596. The summed E-state index contributed by atoms with van der Waals surface area (Å²) in [6.07, 6.45) is 0. The summed E-state index contributed by atoms with van der Waals surface area (Å²) in [5, 5.41) is 7.41. The number of rotatable bonds is 1. The Morgan fingerprint density at radius 2 is 2.36 bits per heavy atom. The quantitative estimate of drug-likeness (QED) is 0.794. The van der Waals surface area contributed by atoms with Crippen LogP contribution in [0.4, 0.5) is 0 Å². The maximum atomic E-state index is 11.3. The molecule has 0 spiro atoms. The molecule has 0 unspecified atom stereocenters. The maximum Gasteiger partial charge on any atom is 0.359 e. The molecule has 0 aliphatic heterocycles. The summed E-state index contributed by atoms with van der Waals surface area (Å²) < 4.78 is 5.54. The van der Waals surface area contributed by atoms with Crippen LogP contribution in [0.15, 0.2) is 22.7 Å². The van der Waals surface area contributed by atoms with Gasteiger partial charge in [-0.2, -0.15) is 5.10 Å². The molecule has 0 bridgehead atoms. The van der Waals surface area contributed by atoms with E-state index in [0.717, 1.165) is 15.4 Å². The average molecular weight is 255 g/mol. The van der Waals surface area contributed by atoms with E-state index in [9.17, 15) is 4.79 Å². The Labute approximate surface area is 88.4 Å². The molecule has 2 aromatic rings. The Morgan fingerprint density at radius 3 is 3.07 bits per heavy atom. The number of esters is 1. The van der Waals surface area contributed by atoms with Crippen molar-refractivity contribution < 1.29 is 9.53 Å². The minimum Gasteiger partial charge on any atom is -0.464 e. The summed E-state index contributed by atoms with van der Waals surface area (Å²) in [6, 6.07) is 5.52. The highest BCUT2D eigenvalue weighted by atomic mass is 79.9. The van der Waals surface area contributed by atoms with E-state index in [4.69, 9.17) is 0 Å². The predicted octanol–water partition coefficient (Wildman–Crippen LogP) is 2.11. The van der Waals surface area contributed by atoms with Crippen molar-refractivity contribution in [1.29, 1.82) is 0 Å². The van der Waals surface area contributed by atoms with Crippen LogP contribution in [0, 0.1) is 0 Å². The molecule has 0 fully saturated rings. The molecule has 0 amide bonds. The third-order valence-electron chi connectivity index (χ3n) is 1.90. The van der Waals surface area contributed by atoms with Crippen LogP contribution in [0.2, 0.25) is 0 Å². The number of aromatic amines is 1. The van der Waals surface area contributed by atoms with Gasteiger partial charge in [-0.3, -0.25) is 5.10 Å². The van der Waals surface area contributed by atoms with Gasteiger partial charge in [-0.05, 0) is 18.2 Å². The lowest BCUT2D eigenvalue weighted by Crippen LogP contribution is -2.01. The second kappa shape index (κ2) is 3.42. The van der Waals surface area contributed by atoms with Crippen LogP contribution in [-0.2, 0) is 4.74 Å². The van der Waals surface area contributed by atoms with Gasteiger partial charge in [0.1, 0.15) is 0 Å². The molecular formula is C9H7BrN2O2. The first-order chi connectivity index (χ1) is 6.72. The number of halogens is 1. The molecule has 4 nitrogen and oxygen atoms in total. The Hall–Kier alpha value is -1.36. The number of ether oxygens (including phenoxy) is 1. The van der Waals surface area contributed by atoms with Crippen molar-refractivity contribution in [2.24, 2.45) is 0 Å². The highest BCUT2D eigenvalue weighted by molar-refractivity contribution is 9.10.